The van der Waals surface area contributed by atoms with Crippen LogP contribution in [0.5, 0.6) is 0 Å². The van der Waals surface area contributed by atoms with Crippen LogP contribution in [-0.4, -0.2) is 37.7 Å². The summed E-state index contributed by atoms with van der Waals surface area (Å²) in [7, 11) is -0.766. The van der Waals surface area contributed by atoms with Crippen LogP contribution in [-0.2, 0) is 10.0 Å². The van der Waals surface area contributed by atoms with Crippen molar-refractivity contribution >= 4 is 48.3 Å². The van der Waals surface area contributed by atoms with Crippen molar-refractivity contribution in [2.24, 2.45) is 0 Å². The van der Waals surface area contributed by atoms with Gasteiger partial charge in [-0.2, -0.15) is 0 Å². The number of thiazole rings is 1. The summed E-state index contributed by atoms with van der Waals surface area (Å²) in [5, 5.41) is 5.09. The lowest BCUT2D eigenvalue weighted by Crippen LogP contribution is -2.23. The van der Waals surface area contributed by atoms with Crippen LogP contribution in [0.4, 0.5) is 5.13 Å². The number of halogens is 1. The highest BCUT2D eigenvalue weighted by molar-refractivity contribution is 9.10. The van der Waals surface area contributed by atoms with Crippen molar-refractivity contribution in [1.29, 1.82) is 0 Å². The molecular weight excluding hydrogens is 414 g/mol. The summed E-state index contributed by atoms with van der Waals surface area (Å²) in [6, 6.07) is 4.46. The number of carbonyl (C=O) groups is 1. The summed E-state index contributed by atoms with van der Waals surface area (Å²) in [5.74, 6) is -0.126. The molecule has 1 amide bonds. The van der Waals surface area contributed by atoms with Crippen molar-refractivity contribution in [3.63, 3.8) is 0 Å². The molecule has 2 aromatic rings. The Morgan fingerprint density at radius 2 is 2.00 bits per heavy atom. The molecule has 2 rings (SSSR count). The molecule has 0 aliphatic heterocycles. The van der Waals surface area contributed by atoms with E-state index in [1.54, 1.807) is 12.1 Å². The van der Waals surface area contributed by atoms with Crippen LogP contribution in [0.25, 0.3) is 0 Å². The van der Waals surface area contributed by atoms with Gasteiger partial charge in [0.05, 0.1) is 10.6 Å². The van der Waals surface area contributed by atoms with E-state index in [4.69, 9.17) is 0 Å². The first-order valence-electron chi connectivity index (χ1n) is 7.11. The van der Waals surface area contributed by atoms with Crippen LogP contribution in [0.1, 0.15) is 35.8 Å². The molecule has 0 atom stereocenters. The lowest BCUT2D eigenvalue weighted by molar-refractivity contribution is 0.102. The van der Waals surface area contributed by atoms with Crippen molar-refractivity contribution < 1.29 is 13.2 Å². The summed E-state index contributed by atoms with van der Waals surface area (Å²) in [4.78, 5) is 16.8. The number of carbonyl (C=O) groups excluding carboxylic acids is 1. The van der Waals surface area contributed by atoms with Gasteiger partial charge < -0.3 is 0 Å². The molecule has 0 radical (unpaired) electrons. The van der Waals surface area contributed by atoms with E-state index in [-0.39, 0.29) is 16.4 Å². The predicted octanol–water partition coefficient (Wildman–Crippen LogP) is 3.53. The maximum atomic E-state index is 12.4. The molecule has 0 fully saturated rings. The number of anilines is 1. The van der Waals surface area contributed by atoms with Gasteiger partial charge in [-0.15, -0.1) is 11.3 Å². The Morgan fingerprint density at radius 3 is 2.54 bits per heavy atom. The molecule has 24 heavy (non-hydrogen) atoms. The fraction of sp³-hybridized carbons (Fsp3) is 0.333. The minimum Gasteiger partial charge on any atom is -0.298 e. The van der Waals surface area contributed by atoms with E-state index in [0.717, 1.165) is 10.00 Å². The first-order valence-corrected chi connectivity index (χ1v) is 10.2. The zero-order valence-electron chi connectivity index (χ0n) is 13.7. The minimum atomic E-state index is -3.65. The molecule has 0 spiro atoms. The summed E-state index contributed by atoms with van der Waals surface area (Å²) in [6.45, 7) is 4.04. The third kappa shape index (κ3) is 4.02. The number of amides is 1. The lowest BCUT2D eigenvalue weighted by atomic mass is 10.2. The van der Waals surface area contributed by atoms with E-state index < -0.39 is 15.9 Å². The first-order chi connectivity index (χ1) is 11.1. The lowest BCUT2D eigenvalue weighted by Gasteiger charge is -2.13. The third-order valence-corrected chi connectivity index (χ3v) is 6.87. The van der Waals surface area contributed by atoms with Gasteiger partial charge in [0.1, 0.15) is 0 Å². The van der Waals surface area contributed by atoms with Crippen LogP contribution in [0.15, 0.2) is 32.9 Å². The van der Waals surface area contributed by atoms with Gasteiger partial charge in [-0.25, -0.2) is 17.7 Å². The Bertz CT molecular complexity index is 861. The molecular formula is C15H18BrN3O3S2. The molecule has 0 aliphatic rings. The highest BCUT2D eigenvalue weighted by Crippen LogP contribution is 2.26. The van der Waals surface area contributed by atoms with E-state index >= 15 is 0 Å². The van der Waals surface area contributed by atoms with E-state index in [1.807, 2.05) is 19.2 Å². The van der Waals surface area contributed by atoms with Gasteiger partial charge in [-0.3, -0.25) is 10.1 Å². The van der Waals surface area contributed by atoms with Gasteiger partial charge in [0, 0.05) is 29.5 Å². The highest BCUT2D eigenvalue weighted by Gasteiger charge is 2.22. The SMILES string of the molecule is CC(C)c1csc(NC(=O)c2ccc(Br)c(S(=O)(=O)N(C)C)c2)n1. The molecule has 1 aromatic carbocycles. The zero-order chi connectivity index (χ0) is 18.1. The maximum absolute atomic E-state index is 12.4. The third-order valence-electron chi connectivity index (χ3n) is 3.29. The number of nitrogens with zero attached hydrogens (tertiary/aromatic N) is 2. The van der Waals surface area contributed by atoms with Crippen molar-refractivity contribution in [3.8, 4) is 0 Å². The minimum absolute atomic E-state index is 0.0437. The van der Waals surface area contributed by atoms with E-state index in [1.165, 1.54) is 31.5 Å². The fourth-order valence-electron chi connectivity index (χ4n) is 1.82. The smallest absolute Gasteiger partial charge is 0.257 e. The molecule has 0 saturated heterocycles. The second-order valence-corrected chi connectivity index (χ2v) is 9.45. The van der Waals surface area contributed by atoms with E-state index in [0.29, 0.717) is 9.60 Å². The molecule has 0 aliphatic carbocycles. The van der Waals surface area contributed by atoms with Crippen molar-refractivity contribution in [2.75, 3.05) is 19.4 Å². The van der Waals surface area contributed by atoms with Crippen LogP contribution >= 0.6 is 27.3 Å². The second kappa shape index (κ2) is 7.30. The molecule has 130 valence electrons. The monoisotopic (exact) mass is 431 g/mol. The van der Waals surface area contributed by atoms with E-state index in [9.17, 15) is 13.2 Å². The summed E-state index contributed by atoms with van der Waals surface area (Å²) < 4.78 is 26.1. The number of benzene rings is 1. The number of sulfonamides is 1. The van der Waals surface area contributed by atoms with Gasteiger partial charge >= 0.3 is 0 Å². The summed E-state index contributed by atoms with van der Waals surface area (Å²) >= 11 is 4.56. The van der Waals surface area contributed by atoms with Gasteiger partial charge in [-0.1, -0.05) is 13.8 Å². The second-order valence-electron chi connectivity index (χ2n) is 5.62. The quantitative estimate of drug-likeness (QED) is 0.784. The van der Waals surface area contributed by atoms with Gasteiger partial charge in [0.15, 0.2) is 5.13 Å². The van der Waals surface area contributed by atoms with Crippen LogP contribution in [0.2, 0.25) is 0 Å². The number of hydrogen-bond acceptors (Lipinski definition) is 5. The summed E-state index contributed by atoms with van der Waals surface area (Å²) in [5.41, 5.74) is 1.15. The topological polar surface area (TPSA) is 79.4 Å². The first kappa shape index (κ1) is 19.0. The summed E-state index contributed by atoms with van der Waals surface area (Å²) in [6.07, 6.45) is 0. The van der Waals surface area contributed by atoms with Crippen LogP contribution in [0.3, 0.4) is 0 Å². The molecule has 1 heterocycles. The van der Waals surface area contributed by atoms with Gasteiger partial charge in [0.25, 0.3) is 5.91 Å². The highest BCUT2D eigenvalue weighted by atomic mass is 79.9. The average Bonchev–Trinajstić information content (AvgIpc) is 2.96. The molecule has 9 heteroatoms. The predicted molar refractivity (Wildman–Crippen MR) is 99.2 cm³/mol. The Kier molecular flexibility index (Phi) is 5.79. The largest absolute Gasteiger partial charge is 0.298 e. The van der Waals surface area contributed by atoms with Crippen molar-refractivity contribution in [3.05, 3.63) is 39.3 Å². The molecule has 1 aromatic heterocycles. The molecule has 6 nitrogen and oxygen atoms in total. The Balaban J connectivity index is 2.30. The molecule has 1 N–H and O–H groups in total. The maximum Gasteiger partial charge on any atom is 0.257 e. The number of rotatable bonds is 5. The Morgan fingerprint density at radius 1 is 1.33 bits per heavy atom. The van der Waals surface area contributed by atoms with Crippen molar-refractivity contribution in [1.82, 2.24) is 9.29 Å². The standard InChI is InChI=1S/C15H18BrN3O3S2/c1-9(2)12-8-23-15(17-12)18-14(20)10-5-6-11(16)13(7-10)24(21,22)19(3)4/h5-9H,1-4H3,(H,17,18,20). The van der Waals surface area contributed by atoms with Crippen LogP contribution < -0.4 is 5.32 Å². The normalized spacial score (nSPS) is 12.0. The van der Waals surface area contributed by atoms with Crippen LogP contribution in [0, 0.1) is 0 Å². The van der Waals surface area contributed by atoms with E-state index in [2.05, 4.69) is 26.2 Å². The Hall–Kier alpha value is -1.29. The Labute approximate surface area is 154 Å². The van der Waals surface area contributed by atoms with Gasteiger partial charge in [-0.05, 0) is 40.0 Å². The number of hydrogen-bond donors (Lipinski definition) is 1. The molecule has 0 unspecified atom stereocenters. The van der Waals surface area contributed by atoms with Crippen molar-refractivity contribution in [2.45, 2.75) is 24.7 Å². The van der Waals surface area contributed by atoms with Gasteiger partial charge in [0.2, 0.25) is 10.0 Å². The zero-order valence-corrected chi connectivity index (χ0v) is 16.9. The fourth-order valence-corrected chi connectivity index (χ4v) is 4.53. The molecule has 0 saturated carbocycles. The average molecular weight is 432 g/mol. The molecule has 0 bridgehead atoms. The number of nitrogens with one attached hydrogen (secondary N) is 1. The number of aromatic nitrogens is 1.